The normalized spacial score (nSPS) is 20.2. The highest BCUT2D eigenvalue weighted by Crippen LogP contribution is 2.26. The number of aromatic nitrogens is 2. The van der Waals surface area contributed by atoms with Crippen LogP contribution in [0.4, 0.5) is 11.6 Å². The summed E-state index contributed by atoms with van der Waals surface area (Å²) in [6.45, 7) is 7.47. The molecule has 5 rings (SSSR count). The maximum atomic E-state index is 13.1. The Kier molecular flexibility index (Phi) is 5.52. The SMILES string of the molecule is Cc1c(N)cccc1C(=O)N1CCc2cnc(N3CCN(C4CCC4)CC3)nc2CC1. The van der Waals surface area contributed by atoms with Gasteiger partial charge in [0, 0.05) is 69.2 Å². The van der Waals surface area contributed by atoms with Gasteiger partial charge in [-0.15, -0.1) is 0 Å². The molecule has 3 aliphatic rings. The van der Waals surface area contributed by atoms with E-state index in [-0.39, 0.29) is 5.91 Å². The molecule has 1 saturated heterocycles. The van der Waals surface area contributed by atoms with E-state index >= 15 is 0 Å². The molecule has 2 aliphatic heterocycles. The summed E-state index contributed by atoms with van der Waals surface area (Å²) in [4.78, 5) is 29.6. The van der Waals surface area contributed by atoms with Gasteiger partial charge in [0.2, 0.25) is 5.95 Å². The third kappa shape index (κ3) is 3.99. The Bertz CT molecular complexity index is 965. The van der Waals surface area contributed by atoms with E-state index in [9.17, 15) is 4.79 Å². The topological polar surface area (TPSA) is 78.6 Å². The molecule has 3 heterocycles. The second kappa shape index (κ2) is 8.46. The fourth-order valence-corrected chi connectivity index (χ4v) is 4.91. The van der Waals surface area contributed by atoms with Gasteiger partial charge in [0.05, 0.1) is 5.69 Å². The van der Waals surface area contributed by atoms with Crippen LogP contribution in [0.1, 0.15) is 46.4 Å². The van der Waals surface area contributed by atoms with Gasteiger partial charge in [-0.05, 0) is 49.4 Å². The van der Waals surface area contributed by atoms with Gasteiger partial charge in [0.15, 0.2) is 0 Å². The Labute approximate surface area is 184 Å². The molecular formula is C24H32N6O. The van der Waals surface area contributed by atoms with E-state index in [1.807, 2.05) is 36.2 Å². The lowest BCUT2D eigenvalue weighted by Crippen LogP contribution is -2.52. The number of rotatable bonds is 3. The van der Waals surface area contributed by atoms with Crippen molar-refractivity contribution >= 4 is 17.5 Å². The number of nitrogen functional groups attached to an aromatic ring is 1. The Morgan fingerprint density at radius 2 is 1.84 bits per heavy atom. The predicted octanol–water partition coefficient (Wildman–Crippen LogP) is 2.28. The largest absolute Gasteiger partial charge is 0.398 e. The zero-order valence-electron chi connectivity index (χ0n) is 18.4. The molecule has 2 N–H and O–H groups in total. The van der Waals surface area contributed by atoms with Crippen molar-refractivity contribution in [2.75, 3.05) is 49.9 Å². The van der Waals surface area contributed by atoms with Gasteiger partial charge in [-0.3, -0.25) is 9.69 Å². The first-order chi connectivity index (χ1) is 15.1. The number of hydrogen-bond donors (Lipinski definition) is 1. The number of nitrogens with zero attached hydrogens (tertiary/aromatic N) is 5. The number of amides is 1. The monoisotopic (exact) mass is 420 g/mol. The number of benzene rings is 1. The first-order valence-electron chi connectivity index (χ1n) is 11.6. The smallest absolute Gasteiger partial charge is 0.254 e. The van der Waals surface area contributed by atoms with Crippen molar-refractivity contribution in [1.82, 2.24) is 19.8 Å². The second-order valence-corrected chi connectivity index (χ2v) is 9.06. The molecule has 2 fully saturated rings. The van der Waals surface area contributed by atoms with E-state index < -0.39 is 0 Å². The predicted molar refractivity (Wildman–Crippen MR) is 122 cm³/mol. The van der Waals surface area contributed by atoms with Crippen LogP contribution in [-0.2, 0) is 12.8 Å². The van der Waals surface area contributed by atoms with Crippen molar-refractivity contribution in [3.8, 4) is 0 Å². The van der Waals surface area contributed by atoms with Crippen molar-refractivity contribution in [2.45, 2.75) is 45.1 Å². The maximum Gasteiger partial charge on any atom is 0.254 e. The van der Waals surface area contributed by atoms with Crippen molar-refractivity contribution in [3.63, 3.8) is 0 Å². The molecule has 1 aromatic heterocycles. The molecule has 1 amide bonds. The molecule has 31 heavy (non-hydrogen) atoms. The molecule has 0 radical (unpaired) electrons. The third-order valence-corrected chi connectivity index (χ3v) is 7.29. The van der Waals surface area contributed by atoms with Gasteiger partial charge in [0.1, 0.15) is 0 Å². The van der Waals surface area contributed by atoms with E-state index in [0.717, 1.165) is 67.8 Å². The van der Waals surface area contributed by atoms with Crippen LogP contribution < -0.4 is 10.6 Å². The third-order valence-electron chi connectivity index (χ3n) is 7.29. The summed E-state index contributed by atoms with van der Waals surface area (Å²) in [6, 6.07) is 6.37. The number of piperazine rings is 1. The van der Waals surface area contributed by atoms with Gasteiger partial charge in [-0.1, -0.05) is 12.5 Å². The summed E-state index contributed by atoms with van der Waals surface area (Å²) in [5.74, 6) is 0.899. The van der Waals surface area contributed by atoms with Gasteiger partial charge < -0.3 is 15.5 Å². The summed E-state index contributed by atoms with van der Waals surface area (Å²) in [6.07, 6.45) is 7.64. The average Bonchev–Trinajstić information content (AvgIpc) is 2.97. The molecule has 7 nitrogen and oxygen atoms in total. The van der Waals surface area contributed by atoms with E-state index in [4.69, 9.17) is 15.7 Å². The zero-order chi connectivity index (χ0) is 21.4. The molecule has 1 saturated carbocycles. The van der Waals surface area contributed by atoms with Crippen molar-refractivity contribution in [2.24, 2.45) is 0 Å². The van der Waals surface area contributed by atoms with Gasteiger partial charge in [-0.2, -0.15) is 0 Å². The van der Waals surface area contributed by atoms with Crippen LogP contribution in [0.5, 0.6) is 0 Å². The number of fused-ring (bicyclic) bond motifs is 1. The molecule has 7 heteroatoms. The van der Waals surface area contributed by atoms with E-state index in [1.165, 1.54) is 19.3 Å². The molecule has 0 spiro atoms. The minimum absolute atomic E-state index is 0.0536. The fraction of sp³-hybridized carbons (Fsp3) is 0.542. The Balaban J connectivity index is 1.25. The highest BCUT2D eigenvalue weighted by molar-refractivity contribution is 5.97. The van der Waals surface area contributed by atoms with Crippen LogP contribution in [0.25, 0.3) is 0 Å². The molecule has 1 aliphatic carbocycles. The van der Waals surface area contributed by atoms with Crippen LogP contribution in [0.2, 0.25) is 0 Å². The molecule has 2 aromatic rings. The lowest BCUT2D eigenvalue weighted by molar-refractivity contribution is 0.0762. The van der Waals surface area contributed by atoms with E-state index in [0.29, 0.717) is 24.3 Å². The molecule has 0 bridgehead atoms. The summed E-state index contributed by atoms with van der Waals surface area (Å²) in [7, 11) is 0. The average molecular weight is 421 g/mol. The van der Waals surface area contributed by atoms with Gasteiger partial charge in [-0.25, -0.2) is 9.97 Å². The summed E-state index contributed by atoms with van der Waals surface area (Å²) in [5.41, 5.74) is 10.5. The van der Waals surface area contributed by atoms with Crippen molar-refractivity contribution < 1.29 is 4.79 Å². The maximum absolute atomic E-state index is 13.1. The van der Waals surface area contributed by atoms with E-state index in [1.54, 1.807) is 0 Å². The van der Waals surface area contributed by atoms with Crippen LogP contribution in [0.3, 0.4) is 0 Å². The Hall–Kier alpha value is -2.67. The minimum Gasteiger partial charge on any atom is -0.398 e. The van der Waals surface area contributed by atoms with Crippen LogP contribution >= 0.6 is 0 Å². The van der Waals surface area contributed by atoms with Gasteiger partial charge in [0.25, 0.3) is 5.91 Å². The number of anilines is 2. The molecule has 0 atom stereocenters. The van der Waals surface area contributed by atoms with Crippen molar-refractivity contribution in [3.05, 3.63) is 46.8 Å². The standard InChI is InChI=1S/C24H32N6O/c1-17-20(6-3-7-21(17)25)23(31)29-10-8-18-16-26-24(27-22(18)9-11-29)30-14-12-28(13-15-30)19-4-2-5-19/h3,6-7,16,19H,2,4-5,8-15,25H2,1H3. The summed E-state index contributed by atoms with van der Waals surface area (Å²) >= 11 is 0. The molecule has 164 valence electrons. The zero-order valence-corrected chi connectivity index (χ0v) is 18.4. The molecule has 0 unspecified atom stereocenters. The molecular weight excluding hydrogens is 388 g/mol. The fourth-order valence-electron chi connectivity index (χ4n) is 4.91. The first-order valence-corrected chi connectivity index (χ1v) is 11.6. The number of hydrogen-bond acceptors (Lipinski definition) is 6. The van der Waals surface area contributed by atoms with Crippen LogP contribution in [-0.4, -0.2) is 71.0 Å². The Morgan fingerprint density at radius 3 is 2.58 bits per heavy atom. The first kappa shape index (κ1) is 20.2. The molecule has 1 aromatic carbocycles. The minimum atomic E-state index is 0.0536. The highest BCUT2D eigenvalue weighted by atomic mass is 16.2. The number of nitrogens with two attached hydrogens (primary N) is 1. The number of carbonyl (C=O) groups excluding carboxylic acids is 1. The van der Waals surface area contributed by atoms with Gasteiger partial charge >= 0.3 is 0 Å². The number of carbonyl (C=O) groups is 1. The van der Waals surface area contributed by atoms with E-state index in [2.05, 4.69) is 9.80 Å². The lowest BCUT2D eigenvalue weighted by Gasteiger charge is -2.43. The van der Waals surface area contributed by atoms with Crippen LogP contribution in [0, 0.1) is 6.92 Å². The summed E-state index contributed by atoms with van der Waals surface area (Å²) < 4.78 is 0. The Morgan fingerprint density at radius 1 is 1.06 bits per heavy atom. The lowest BCUT2D eigenvalue weighted by atomic mass is 9.91. The van der Waals surface area contributed by atoms with Crippen LogP contribution in [0.15, 0.2) is 24.4 Å². The quantitative estimate of drug-likeness (QED) is 0.768. The highest BCUT2D eigenvalue weighted by Gasteiger charge is 2.29. The summed E-state index contributed by atoms with van der Waals surface area (Å²) in [5, 5.41) is 0. The second-order valence-electron chi connectivity index (χ2n) is 9.06. The van der Waals surface area contributed by atoms with Crippen molar-refractivity contribution in [1.29, 1.82) is 0 Å².